The summed E-state index contributed by atoms with van der Waals surface area (Å²) in [5.74, 6) is -0.923. The molecule has 0 aliphatic carbocycles. The number of benzene rings is 3. The maximum absolute atomic E-state index is 13.3. The van der Waals surface area contributed by atoms with Gasteiger partial charge in [-0.3, -0.25) is 19.3 Å². The number of fused-ring (bicyclic) bond motifs is 1. The Labute approximate surface area is 226 Å². The predicted molar refractivity (Wildman–Crippen MR) is 147 cm³/mol. The molecular weight excluding hydrogens is 529 g/mol. The number of rotatable bonds is 7. The second kappa shape index (κ2) is 10.7. The Balaban J connectivity index is 1.34. The first kappa shape index (κ1) is 25.6. The third-order valence-electron chi connectivity index (χ3n) is 5.98. The third kappa shape index (κ3) is 5.29. The Morgan fingerprint density at radius 2 is 1.87 bits per heavy atom. The molecule has 0 saturated carbocycles. The van der Waals surface area contributed by atoms with Gasteiger partial charge in [-0.15, -0.1) is 0 Å². The van der Waals surface area contributed by atoms with Crippen LogP contribution in [0.15, 0.2) is 77.8 Å². The number of hydrogen-bond donors (Lipinski definition) is 1. The number of nitrogens with one attached hydrogen (secondary N) is 1. The lowest BCUT2D eigenvalue weighted by molar-refractivity contribution is -0.127. The summed E-state index contributed by atoms with van der Waals surface area (Å²) in [5.41, 5.74) is 3.02. The molecule has 0 radical (unpaired) electrons. The van der Waals surface area contributed by atoms with Gasteiger partial charge in [0.05, 0.1) is 17.0 Å². The summed E-state index contributed by atoms with van der Waals surface area (Å²) in [6.07, 6.45) is 3.55. The molecule has 2 heterocycles. The molecule has 1 fully saturated rings. The first-order valence-corrected chi connectivity index (χ1v) is 12.7. The Morgan fingerprint density at radius 3 is 2.61 bits per heavy atom. The van der Waals surface area contributed by atoms with Crippen LogP contribution in [-0.4, -0.2) is 40.2 Å². The van der Waals surface area contributed by atoms with E-state index in [4.69, 9.17) is 16.3 Å². The standard InChI is InChI=1S/C28H21ClFN3O4S/c1-37-24-11-10-20(13-22(24)29)31-26(34)16-33-27(35)25(38-28(33)36)12-18-15-32(23-5-3-2-4-21(18)23)14-17-6-8-19(30)9-7-17/h2-13,15H,14,16H2,1H3,(H,31,34)/b25-12-. The minimum absolute atomic E-state index is 0.222. The van der Waals surface area contributed by atoms with Crippen LogP contribution in [0.2, 0.25) is 5.02 Å². The zero-order chi connectivity index (χ0) is 26.8. The molecular formula is C28H21ClFN3O4S. The third-order valence-corrected chi connectivity index (χ3v) is 7.19. The summed E-state index contributed by atoms with van der Waals surface area (Å²) in [6.45, 7) is 0.0731. The number of amides is 3. The highest BCUT2D eigenvalue weighted by Crippen LogP contribution is 2.34. The summed E-state index contributed by atoms with van der Waals surface area (Å²) < 4.78 is 20.4. The molecule has 3 amide bonds. The van der Waals surface area contributed by atoms with E-state index in [1.165, 1.54) is 25.3 Å². The zero-order valence-corrected chi connectivity index (χ0v) is 21.7. The number of imide groups is 1. The fraction of sp³-hybridized carbons (Fsp3) is 0.107. The molecule has 0 spiro atoms. The summed E-state index contributed by atoms with van der Waals surface area (Å²) in [7, 11) is 1.48. The van der Waals surface area contributed by atoms with Gasteiger partial charge in [-0.1, -0.05) is 41.9 Å². The largest absolute Gasteiger partial charge is 0.495 e. The van der Waals surface area contributed by atoms with Gasteiger partial charge in [0.2, 0.25) is 5.91 Å². The van der Waals surface area contributed by atoms with Crippen molar-refractivity contribution >= 4 is 63.1 Å². The van der Waals surface area contributed by atoms with Crippen molar-refractivity contribution in [2.45, 2.75) is 6.54 Å². The van der Waals surface area contributed by atoms with E-state index >= 15 is 0 Å². The van der Waals surface area contributed by atoms with Crippen molar-refractivity contribution in [1.29, 1.82) is 0 Å². The Kier molecular flexibility index (Phi) is 7.22. The van der Waals surface area contributed by atoms with Crippen LogP contribution in [0, 0.1) is 5.82 Å². The van der Waals surface area contributed by atoms with Gasteiger partial charge < -0.3 is 14.6 Å². The molecule has 1 saturated heterocycles. The number of aromatic nitrogens is 1. The number of nitrogens with zero attached hydrogens (tertiary/aromatic N) is 2. The SMILES string of the molecule is COc1ccc(NC(=O)CN2C(=O)S/C(=C\c3cn(Cc4ccc(F)cc4)c4ccccc34)C2=O)cc1Cl. The molecule has 1 aromatic heterocycles. The van der Waals surface area contributed by atoms with Crippen LogP contribution in [0.25, 0.3) is 17.0 Å². The number of halogens is 2. The molecule has 10 heteroatoms. The van der Waals surface area contributed by atoms with Crippen molar-refractivity contribution in [3.8, 4) is 5.75 Å². The number of para-hydroxylation sites is 1. The number of hydrogen-bond acceptors (Lipinski definition) is 5. The normalized spacial score (nSPS) is 14.5. The molecule has 4 aromatic rings. The number of carbonyl (C=O) groups is 3. The molecule has 3 aromatic carbocycles. The van der Waals surface area contributed by atoms with Crippen molar-refractivity contribution in [3.05, 3.63) is 99.8 Å². The molecule has 5 rings (SSSR count). The van der Waals surface area contributed by atoms with Crippen molar-refractivity contribution in [3.63, 3.8) is 0 Å². The average molecular weight is 550 g/mol. The van der Waals surface area contributed by atoms with Crippen LogP contribution in [-0.2, 0) is 16.1 Å². The van der Waals surface area contributed by atoms with E-state index in [-0.39, 0.29) is 10.7 Å². The summed E-state index contributed by atoms with van der Waals surface area (Å²) in [6, 6.07) is 18.7. The lowest BCUT2D eigenvalue weighted by atomic mass is 10.1. The van der Waals surface area contributed by atoms with Gasteiger partial charge in [0, 0.05) is 34.9 Å². The zero-order valence-electron chi connectivity index (χ0n) is 20.1. The van der Waals surface area contributed by atoms with Crippen molar-refractivity contribution < 1.29 is 23.5 Å². The van der Waals surface area contributed by atoms with Crippen molar-refractivity contribution in [2.24, 2.45) is 0 Å². The maximum atomic E-state index is 13.3. The average Bonchev–Trinajstić information content (AvgIpc) is 3.37. The van der Waals surface area contributed by atoms with Crippen LogP contribution in [0.3, 0.4) is 0 Å². The molecule has 1 N–H and O–H groups in total. The second-order valence-corrected chi connectivity index (χ2v) is 9.92. The lowest BCUT2D eigenvalue weighted by Gasteiger charge is -2.13. The summed E-state index contributed by atoms with van der Waals surface area (Å²) in [5, 5.41) is 3.33. The number of methoxy groups -OCH3 is 1. The van der Waals surface area contributed by atoms with Crippen molar-refractivity contribution in [2.75, 3.05) is 19.0 Å². The minimum Gasteiger partial charge on any atom is -0.495 e. The smallest absolute Gasteiger partial charge is 0.294 e. The quantitative estimate of drug-likeness (QED) is 0.279. The number of carbonyl (C=O) groups excluding carboxylic acids is 3. The van der Waals surface area contributed by atoms with Crippen LogP contribution in [0.4, 0.5) is 14.9 Å². The minimum atomic E-state index is -0.543. The molecule has 38 heavy (non-hydrogen) atoms. The predicted octanol–water partition coefficient (Wildman–Crippen LogP) is 6.17. The van der Waals surface area contributed by atoms with Gasteiger partial charge in [0.15, 0.2) is 0 Å². The van der Waals surface area contributed by atoms with E-state index in [0.717, 1.165) is 38.7 Å². The van der Waals surface area contributed by atoms with E-state index in [9.17, 15) is 18.8 Å². The van der Waals surface area contributed by atoms with Gasteiger partial charge in [0.1, 0.15) is 18.1 Å². The molecule has 0 atom stereocenters. The molecule has 1 aliphatic heterocycles. The van der Waals surface area contributed by atoms with Gasteiger partial charge in [0.25, 0.3) is 11.1 Å². The van der Waals surface area contributed by atoms with Gasteiger partial charge >= 0.3 is 0 Å². The highest BCUT2D eigenvalue weighted by molar-refractivity contribution is 8.18. The van der Waals surface area contributed by atoms with Crippen LogP contribution in [0.5, 0.6) is 5.75 Å². The van der Waals surface area contributed by atoms with Crippen LogP contribution in [0.1, 0.15) is 11.1 Å². The highest BCUT2D eigenvalue weighted by Gasteiger charge is 2.36. The molecule has 1 aliphatic rings. The van der Waals surface area contributed by atoms with E-state index in [1.807, 2.05) is 35.0 Å². The molecule has 0 unspecified atom stereocenters. The Morgan fingerprint density at radius 1 is 1.11 bits per heavy atom. The monoisotopic (exact) mass is 549 g/mol. The fourth-order valence-electron chi connectivity index (χ4n) is 4.17. The van der Waals surface area contributed by atoms with E-state index in [2.05, 4.69) is 5.32 Å². The number of thioether (sulfide) groups is 1. The summed E-state index contributed by atoms with van der Waals surface area (Å²) in [4.78, 5) is 39.4. The maximum Gasteiger partial charge on any atom is 0.294 e. The van der Waals surface area contributed by atoms with E-state index < -0.39 is 23.6 Å². The highest BCUT2D eigenvalue weighted by atomic mass is 35.5. The van der Waals surface area contributed by atoms with E-state index in [0.29, 0.717) is 23.0 Å². The Bertz CT molecular complexity index is 1600. The topological polar surface area (TPSA) is 80.6 Å². The van der Waals surface area contributed by atoms with E-state index in [1.54, 1.807) is 30.3 Å². The molecule has 0 bridgehead atoms. The van der Waals surface area contributed by atoms with Crippen LogP contribution >= 0.6 is 23.4 Å². The van der Waals surface area contributed by atoms with Gasteiger partial charge in [-0.05, 0) is 59.8 Å². The fourth-order valence-corrected chi connectivity index (χ4v) is 5.26. The first-order chi connectivity index (χ1) is 18.3. The van der Waals surface area contributed by atoms with Crippen LogP contribution < -0.4 is 10.1 Å². The number of anilines is 1. The number of ether oxygens (including phenoxy) is 1. The summed E-state index contributed by atoms with van der Waals surface area (Å²) >= 11 is 6.88. The first-order valence-electron chi connectivity index (χ1n) is 11.5. The Hall–Kier alpha value is -4.08. The van der Waals surface area contributed by atoms with Gasteiger partial charge in [-0.2, -0.15) is 0 Å². The second-order valence-electron chi connectivity index (χ2n) is 8.52. The lowest BCUT2D eigenvalue weighted by Crippen LogP contribution is -2.36. The molecule has 192 valence electrons. The van der Waals surface area contributed by atoms with Gasteiger partial charge in [-0.25, -0.2) is 4.39 Å². The molecule has 7 nitrogen and oxygen atoms in total. The van der Waals surface area contributed by atoms with Crippen molar-refractivity contribution in [1.82, 2.24) is 9.47 Å².